The van der Waals surface area contributed by atoms with E-state index in [0.717, 1.165) is 23.0 Å². The van der Waals surface area contributed by atoms with E-state index in [1.807, 2.05) is 25.1 Å². The minimum atomic E-state index is 0.176. The zero-order valence-corrected chi connectivity index (χ0v) is 13.5. The Kier molecular flexibility index (Phi) is 5.21. The summed E-state index contributed by atoms with van der Waals surface area (Å²) in [5, 5.41) is 0. The van der Waals surface area contributed by atoms with Crippen molar-refractivity contribution in [3.8, 4) is 5.75 Å². The molecule has 104 valence electrons. The van der Waals surface area contributed by atoms with Gasteiger partial charge in [-0.1, -0.05) is 0 Å². The Balaban J connectivity index is 1.95. The van der Waals surface area contributed by atoms with Gasteiger partial charge in [0.25, 0.3) is 0 Å². The standard InChI is InChI=1S/C15H19IO3/c1-3-19-12-6-10(7-12)8-14(17)13-9-11(16)4-5-15(13)18-2/h4-5,9-10,12H,3,6-8H2,1-2H3. The first-order chi connectivity index (χ1) is 9.13. The van der Waals surface area contributed by atoms with Gasteiger partial charge in [0.1, 0.15) is 5.75 Å². The number of methoxy groups -OCH3 is 1. The van der Waals surface area contributed by atoms with E-state index in [1.54, 1.807) is 7.11 Å². The lowest BCUT2D eigenvalue weighted by molar-refractivity contribution is -0.0246. The first kappa shape index (κ1) is 14.8. The van der Waals surface area contributed by atoms with E-state index in [9.17, 15) is 4.79 Å². The van der Waals surface area contributed by atoms with Crippen molar-refractivity contribution in [2.24, 2.45) is 5.92 Å². The minimum absolute atomic E-state index is 0.176. The average Bonchev–Trinajstić information content (AvgIpc) is 2.36. The molecule has 2 rings (SSSR count). The topological polar surface area (TPSA) is 35.5 Å². The Bertz CT molecular complexity index is 453. The monoisotopic (exact) mass is 374 g/mol. The number of rotatable bonds is 6. The Morgan fingerprint density at radius 2 is 2.16 bits per heavy atom. The molecule has 0 aliphatic heterocycles. The second-order valence-corrected chi connectivity index (χ2v) is 6.13. The van der Waals surface area contributed by atoms with Crippen molar-refractivity contribution in [3.05, 3.63) is 27.3 Å². The molecule has 1 fully saturated rings. The van der Waals surface area contributed by atoms with Gasteiger partial charge in [-0.25, -0.2) is 0 Å². The van der Waals surface area contributed by atoms with Gasteiger partial charge < -0.3 is 9.47 Å². The summed E-state index contributed by atoms with van der Waals surface area (Å²) in [7, 11) is 1.60. The van der Waals surface area contributed by atoms with E-state index in [1.165, 1.54) is 0 Å². The maximum absolute atomic E-state index is 12.3. The van der Waals surface area contributed by atoms with Crippen LogP contribution in [0, 0.1) is 9.49 Å². The quantitative estimate of drug-likeness (QED) is 0.563. The molecule has 1 saturated carbocycles. The van der Waals surface area contributed by atoms with Crippen LogP contribution in [0.15, 0.2) is 18.2 Å². The molecular formula is C15H19IO3. The Labute approximate surface area is 127 Å². The van der Waals surface area contributed by atoms with Gasteiger partial charge in [0.05, 0.1) is 18.8 Å². The molecule has 0 unspecified atom stereocenters. The Morgan fingerprint density at radius 1 is 1.42 bits per heavy atom. The lowest BCUT2D eigenvalue weighted by Crippen LogP contribution is -2.32. The molecule has 0 amide bonds. The van der Waals surface area contributed by atoms with Crippen LogP contribution in [-0.2, 0) is 4.74 Å². The molecule has 0 N–H and O–H groups in total. The molecule has 3 nitrogen and oxygen atoms in total. The smallest absolute Gasteiger partial charge is 0.166 e. The fraction of sp³-hybridized carbons (Fsp3) is 0.533. The number of halogens is 1. The molecule has 0 spiro atoms. The third kappa shape index (κ3) is 3.69. The summed E-state index contributed by atoms with van der Waals surface area (Å²) >= 11 is 2.22. The van der Waals surface area contributed by atoms with Crippen LogP contribution in [0.5, 0.6) is 5.75 Å². The van der Waals surface area contributed by atoms with Gasteiger partial charge in [0.2, 0.25) is 0 Å². The molecule has 0 atom stereocenters. The van der Waals surface area contributed by atoms with E-state index in [0.29, 0.717) is 29.8 Å². The van der Waals surface area contributed by atoms with Crippen molar-refractivity contribution in [1.82, 2.24) is 0 Å². The summed E-state index contributed by atoms with van der Waals surface area (Å²) in [5.74, 6) is 1.31. The number of benzene rings is 1. The molecule has 0 bridgehead atoms. The van der Waals surface area contributed by atoms with Gasteiger partial charge in [-0.3, -0.25) is 4.79 Å². The maximum atomic E-state index is 12.3. The lowest BCUT2D eigenvalue weighted by atomic mass is 9.78. The third-order valence-corrected chi connectivity index (χ3v) is 4.20. The van der Waals surface area contributed by atoms with E-state index < -0.39 is 0 Å². The normalized spacial score (nSPS) is 21.8. The molecular weight excluding hydrogens is 355 g/mol. The Hall–Kier alpha value is -0.620. The zero-order chi connectivity index (χ0) is 13.8. The number of Topliss-reactive ketones (excluding diaryl/α,β-unsaturated/α-hetero) is 1. The van der Waals surface area contributed by atoms with Crippen LogP contribution in [0.1, 0.15) is 36.5 Å². The van der Waals surface area contributed by atoms with Crippen molar-refractivity contribution >= 4 is 28.4 Å². The lowest BCUT2D eigenvalue weighted by Gasteiger charge is -2.34. The summed E-state index contributed by atoms with van der Waals surface area (Å²) in [6.07, 6.45) is 2.97. The van der Waals surface area contributed by atoms with Crippen molar-refractivity contribution in [2.45, 2.75) is 32.3 Å². The number of carbonyl (C=O) groups excluding carboxylic acids is 1. The predicted octanol–water partition coefficient (Wildman–Crippen LogP) is 3.69. The average molecular weight is 374 g/mol. The largest absolute Gasteiger partial charge is 0.496 e. The van der Waals surface area contributed by atoms with E-state index >= 15 is 0 Å². The highest BCUT2D eigenvalue weighted by Gasteiger charge is 2.31. The van der Waals surface area contributed by atoms with Crippen molar-refractivity contribution in [3.63, 3.8) is 0 Å². The second kappa shape index (κ2) is 6.70. The number of hydrogen-bond acceptors (Lipinski definition) is 3. The van der Waals surface area contributed by atoms with Gasteiger partial charge in [-0.05, 0) is 66.5 Å². The Morgan fingerprint density at radius 3 is 2.79 bits per heavy atom. The van der Waals surface area contributed by atoms with Crippen LogP contribution in [0.2, 0.25) is 0 Å². The van der Waals surface area contributed by atoms with Gasteiger partial charge in [-0.15, -0.1) is 0 Å². The highest BCUT2D eigenvalue weighted by Crippen LogP contribution is 2.34. The van der Waals surface area contributed by atoms with Crippen LogP contribution < -0.4 is 4.74 Å². The van der Waals surface area contributed by atoms with Crippen LogP contribution in [0.25, 0.3) is 0 Å². The molecule has 19 heavy (non-hydrogen) atoms. The van der Waals surface area contributed by atoms with Crippen LogP contribution in [-0.4, -0.2) is 25.6 Å². The van der Waals surface area contributed by atoms with E-state index in [4.69, 9.17) is 9.47 Å². The van der Waals surface area contributed by atoms with Crippen LogP contribution >= 0.6 is 22.6 Å². The van der Waals surface area contributed by atoms with Gasteiger partial charge in [0.15, 0.2) is 5.78 Å². The van der Waals surface area contributed by atoms with Crippen molar-refractivity contribution in [2.75, 3.05) is 13.7 Å². The molecule has 1 aromatic carbocycles. The molecule has 1 aliphatic carbocycles. The summed E-state index contributed by atoms with van der Waals surface area (Å²) in [6.45, 7) is 2.77. The minimum Gasteiger partial charge on any atom is -0.496 e. The number of ketones is 1. The van der Waals surface area contributed by atoms with Crippen molar-refractivity contribution in [1.29, 1.82) is 0 Å². The molecule has 0 heterocycles. The number of hydrogen-bond donors (Lipinski definition) is 0. The summed E-state index contributed by atoms with van der Waals surface area (Å²) < 4.78 is 11.8. The molecule has 1 aromatic rings. The first-order valence-corrected chi connectivity index (χ1v) is 7.70. The fourth-order valence-corrected chi connectivity index (χ4v) is 2.97. The maximum Gasteiger partial charge on any atom is 0.166 e. The zero-order valence-electron chi connectivity index (χ0n) is 11.3. The third-order valence-electron chi connectivity index (χ3n) is 3.53. The van der Waals surface area contributed by atoms with Gasteiger partial charge in [0, 0.05) is 16.6 Å². The molecule has 1 aliphatic rings. The summed E-state index contributed by atoms with van der Waals surface area (Å²) in [5.41, 5.74) is 0.703. The van der Waals surface area contributed by atoms with E-state index in [2.05, 4.69) is 22.6 Å². The van der Waals surface area contributed by atoms with E-state index in [-0.39, 0.29) is 5.78 Å². The predicted molar refractivity (Wildman–Crippen MR) is 82.8 cm³/mol. The summed E-state index contributed by atoms with van der Waals surface area (Å²) in [6, 6.07) is 5.71. The van der Waals surface area contributed by atoms with Crippen molar-refractivity contribution < 1.29 is 14.3 Å². The highest BCUT2D eigenvalue weighted by molar-refractivity contribution is 14.1. The number of carbonyl (C=O) groups is 1. The SMILES string of the molecule is CCOC1CC(CC(=O)c2cc(I)ccc2OC)C1. The molecule has 0 saturated heterocycles. The molecule has 4 heteroatoms. The summed E-state index contributed by atoms with van der Waals surface area (Å²) in [4.78, 5) is 12.3. The van der Waals surface area contributed by atoms with Crippen LogP contribution in [0.4, 0.5) is 0 Å². The second-order valence-electron chi connectivity index (χ2n) is 4.89. The number of ether oxygens (including phenoxy) is 2. The van der Waals surface area contributed by atoms with Crippen LogP contribution in [0.3, 0.4) is 0 Å². The fourth-order valence-electron chi connectivity index (χ4n) is 2.48. The van der Waals surface area contributed by atoms with Gasteiger partial charge in [-0.2, -0.15) is 0 Å². The first-order valence-electron chi connectivity index (χ1n) is 6.62. The highest BCUT2D eigenvalue weighted by atomic mass is 127. The van der Waals surface area contributed by atoms with Gasteiger partial charge >= 0.3 is 0 Å². The molecule has 0 radical (unpaired) electrons. The molecule has 0 aromatic heterocycles.